The predicted molar refractivity (Wildman–Crippen MR) is 196 cm³/mol. The number of nitriles is 1. The van der Waals surface area contributed by atoms with E-state index in [1.165, 1.54) is 31.5 Å². The number of azo groups is 1. The zero-order valence-electron chi connectivity index (χ0n) is 29.3. The van der Waals surface area contributed by atoms with Crippen LogP contribution in [-0.4, -0.2) is 78.9 Å². The average Bonchev–Trinajstić information content (AvgIpc) is 3.67. The third-order valence-electron chi connectivity index (χ3n) is 7.81. The first kappa shape index (κ1) is 36.3. The Morgan fingerprint density at radius 3 is 2.42 bits per heavy atom. The van der Waals surface area contributed by atoms with Crippen LogP contribution >= 0.6 is 11.3 Å². The van der Waals surface area contributed by atoms with E-state index in [1.54, 1.807) is 31.0 Å². The van der Waals surface area contributed by atoms with E-state index in [4.69, 9.17) is 14.7 Å². The largest absolute Gasteiger partial charge is 0.385 e. The van der Waals surface area contributed by atoms with Gasteiger partial charge in [-0.15, -0.1) is 15.3 Å². The third kappa shape index (κ3) is 7.43. The van der Waals surface area contributed by atoms with Crippen molar-refractivity contribution in [2.45, 2.75) is 45.4 Å². The van der Waals surface area contributed by atoms with Gasteiger partial charge in [-0.1, -0.05) is 36.0 Å². The van der Waals surface area contributed by atoms with E-state index in [0.29, 0.717) is 59.2 Å². The Kier molecular flexibility index (Phi) is 11.1. The number of hydrogen-bond acceptors (Lipinski definition) is 14. The Balaban J connectivity index is 1.61. The highest BCUT2D eigenvalue weighted by atomic mass is 32.2. The molecule has 0 bridgehead atoms. The maximum atomic E-state index is 12.7. The normalized spacial score (nSPS) is 11.8. The minimum absolute atomic E-state index is 0.0937. The molecule has 15 nitrogen and oxygen atoms in total. The predicted octanol–water partition coefficient (Wildman–Crippen LogP) is 6.53. The van der Waals surface area contributed by atoms with E-state index in [1.807, 2.05) is 27.7 Å². The maximum Gasteiger partial charge on any atom is 0.242 e. The molecule has 0 aliphatic heterocycles. The molecule has 17 heteroatoms. The lowest BCUT2D eigenvalue weighted by molar-refractivity contribution is 0.198. The summed E-state index contributed by atoms with van der Waals surface area (Å²) in [5, 5.41) is 34.3. The van der Waals surface area contributed by atoms with Crippen molar-refractivity contribution >= 4 is 66.4 Å². The summed E-state index contributed by atoms with van der Waals surface area (Å²) in [6, 6.07) is 11.2. The molecule has 3 heterocycles. The smallest absolute Gasteiger partial charge is 0.242 e. The summed E-state index contributed by atoms with van der Waals surface area (Å²) < 4.78 is 34.2. The van der Waals surface area contributed by atoms with Crippen LogP contribution in [-0.2, 0) is 21.2 Å². The van der Waals surface area contributed by atoms with E-state index in [9.17, 15) is 13.7 Å². The Morgan fingerprint density at radius 2 is 1.78 bits per heavy atom. The molecule has 5 rings (SSSR count). The molecule has 0 radical (unpaired) electrons. The molecule has 0 fully saturated rings. The number of methoxy groups -OCH3 is 1. The van der Waals surface area contributed by atoms with Gasteiger partial charge in [0.1, 0.15) is 11.6 Å². The number of aromatic nitrogens is 5. The summed E-state index contributed by atoms with van der Waals surface area (Å²) in [6.07, 6.45) is 1.17. The van der Waals surface area contributed by atoms with Gasteiger partial charge in [0.2, 0.25) is 26.9 Å². The van der Waals surface area contributed by atoms with Crippen LogP contribution in [0.5, 0.6) is 0 Å². The Labute approximate surface area is 295 Å². The number of hydrogen-bond donors (Lipinski definition) is 3. The van der Waals surface area contributed by atoms with Gasteiger partial charge in [0.25, 0.3) is 0 Å². The van der Waals surface area contributed by atoms with E-state index < -0.39 is 10.0 Å². The van der Waals surface area contributed by atoms with Crippen LogP contribution in [0.15, 0.2) is 45.5 Å². The number of anilines is 4. The first-order chi connectivity index (χ1) is 23.9. The standard InChI is InChI=1S/C33H40N12O3S2/c1-9-25-23(18-34)29(43-45(25)33-37-24-17-22(11-12-26(24)49-33)50(46,47)44(6)7)42-41-28-30(36-13-10-14-48-8)39-32(35-5)40-31(28)38-27-20(3)15-19(2)16-21(27)4/h11-12,15-17H,9-10,13-14H2,1-8H3,(H3,35,36,38,39,40). The second-order valence-corrected chi connectivity index (χ2v) is 14.8. The molecular weight excluding hydrogens is 677 g/mol. The van der Waals surface area contributed by atoms with Gasteiger partial charge < -0.3 is 20.7 Å². The SMILES string of the molecule is CCc1c(C#N)c(N=Nc2c(NCCCOC)nc(NC)nc2Nc2c(C)cc(C)cc2C)nn1-c1nc2cc(S(=O)(=O)N(C)C)ccc2s1. The van der Waals surface area contributed by atoms with Crippen molar-refractivity contribution < 1.29 is 13.2 Å². The zero-order valence-corrected chi connectivity index (χ0v) is 30.9. The van der Waals surface area contributed by atoms with Gasteiger partial charge in [-0.25, -0.2) is 22.4 Å². The molecule has 0 aliphatic rings. The maximum absolute atomic E-state index is 12.7. The van der Waals surface area contributed by atoms with Crippen molar-refractivity contribution in [3.8, 4) is 11.2 Å². The molecule has 3 N–H and O–H groups in total. The van der Waals surface area contributed by atoms with Crippen LogP contribution in [0.3, 0.4) is 0 Å². The van der Waals surface area contributed by atoms with E-state index in [2.05, 4.69) is 54.5 Å². The highest BCUT2D eigenvalue weighted by molar-refractivity contribution is 7.89. The third-order valence-corrected chi connectivity index (χ3v) is 10.6. The van der Waals surface area contributed by atoms with Crippen LogP contribution in [0, 0.1) is 32.1 Å². The summed E-state index contributed by atoms with van der Waals surface area (Å²) in [5.74, 6) is 1.30. The first-order valence-electron chi connectivity index (χ1n) is 15.9. The van der Waals surface area contributed by atoms with E-state index >= 15 is 0 Å². The number of nitrogens with zero attached hydrogens (tertiary/aromatic N) is 9. The number of rotatable bonds is 14. The van der Waals surface area contributed by atoms with Crippen molar-refractivity contribution in [1.82, 2.24) is 29.0 Å². The lowest BCUT2D eigenvalue weighted by Crippen LogP contribution is -2.22. The second-order valence-electron chi connectivity index (χ2n) is 11.7. The fourth-order valence-electron chi connectivity index (χ4n) is 5.35. The summed E-state index contributed by atoms with van der Waals surface area (Å²) in [5.41, 5.74) is 5.74. The van der Waals surface area contributed by atoms with Crippen molar-refractivity contribution in [1.29, 1.82) is 5.26 Å². The number of aryl methyl sites for hydroxylation is 3. The Bertz CT molecular complexity index is 2200. The second kappa shape index (κ2) is 15.3. The van der Waals surface area contributed by atoms with Gasteiger partial charge >= 0.3 is 0 Å². The number of benzene rings is 2. The molecule has 0 saturated heterocycles. The lowest BCUT2D eigenvalue weighted by Gasteiger charge is -2.17. The van der Waals surface area contributed by atoms with Crippen LogP contribution in [0.2, 0.25) is 0 Å². The van der Waals surface area contributed by atoms with Crippen molar-refractivity contribution in [2.24, 2.45) is 10.2 Å². The summed E-state index contributed by atoms with van der Waals surface area (Å²) in [7, 11) is 2.69. The molecule has 0 spiro atoms. The van der Waals surface area contributed by atoms with Gasteiger partial charge in [-0.3, -0.25) is 0 Å². The van der Waals surface area contributed by atoms with Gasteiger partial charge in [0.05, 0.1) is 20.8 Å². The van der Waals surface area contributed by atoms with Crippen LogP contribution in [0.4, 0.5) is 34.8 Å². The van der Waals surface area contributed by atoms with E-state index in [-0.39, 0.29) is 16.3 Å². The molecule has 0 amide bonds. The molecule has 0 saturated carbocycles. The first-order valence-corrected chi connectivity index (χ1v) is 18.1. The van der Waals surface area contributed by atoms with Gasteiger partial charge in [-0.2, -0.15) is 15.2 Å². The summed E-state index contributed by atoms with van der Waals surface area (Å²) >= 11 is 1.32. The van der Waals surface area contributed by atoms with Gasteiger partial charge in [-0.05, 0) is 62.9 Å². The Hall–Kier alpha value is -5.02. The highest BCUT2D eigenvalue weighted by Gasteiger charge is 2.23. The summed E-state index contributed by atoms with van der Waals surface area (Å²) in [4.78, 5) is 14.2. The number of thiazole rings is 1. The molecule has 262 valence electrons. The minimum Gasteiger partial charge on any atom is -0.385 e. The van der Waals surface area contributed by atoms with Crippen LogP contribution < -0.4 is 16.0 Å². The molecule has 5 aromatic rings. The van der Waals surface area contributed by atoms with Gasteiger partial charge in [0.15, 0.2) is 17.3 Å². The average molecular weight is 717 g/mol. The fourth-order valence-corrected chi connectivity index (χ4v) is 7.20. The number of ether oxygens (including phenoxy) is 1. The molecule has 0 unspecified atom stereocenters. The summed E-state index contributed by atoms with van der Waals surface area (Å²) in [6.45, 7) is 9.11. The molecule has 50 heavy (non-hydrogen) atoms. The fraction of sp³-hybridized carbons (Fsp3) is 0.364. The highest BCUT2D eigenvalue weighted by Crippen LogP contribution is 2.38. The molecule has 3 aromatic heterocycles. The van der Waals surface area contributed by atoms with Crippen LogP contribution in [0.25, 0.3) is 15.3 Å². The molecule has 0 aliphatic carbocycles. The number of fused-ring (bicyclic) bond motifs is 1. The monoisotopic (exact) mass is 716 g/mol. The van der Waals surface area contributed by atoms with Crippen molar-refractivity contribution in [3.05, 3.63) is 58.3 Å². The minimum atomic E-state index is -3.65. The molecule has 2 aromatic carbocycles. The van der Waals surface area contributed by atoms with Crippen molar-refractivity contribution in [2.75, 3.05) is 57.4 Å². The van der Waals surface area contributed by atoms with Crippen molar-refractivity contribution in [3.63, 3.8) is 0 Å². The molecular formula is C33H40N12O3S2. The lowest BCUT2D eigenvalue weighted by atomic mass is 10.1. The molecule has 0 atom stereocenters. The van der Waals surface area contributed by atoms with Crippen LogP contribution in [0.1, 0.15) is 41.3 Å². The quantitative estimate of drug-likeness (QED) is 0.0837. The van der Waals surface area contributed by atoms with E-state index in [0.717, 1.165) is 37.8 Å². The number of nitrogens with one attached hydrogen (secondary N) is 3. The number of sulfonamides is 1. The van der Waals surface area contributed by atoms with Gasteiger partial charge in [0, 0.05) is 47.1 Å². The zero-order chi connectivity index (χ0) is 36.2. The topological polar surface area (TPSA) is 188 Å². The Morgan fingerprint density at radius 1 is 1.06 bits per heavy atom.